The summed E-state index contributed by atoms with van der Waals surface area (Å²) >= 11 is 1.33. The Bertz CT molecular complexity index is 750. The summed E-state index contributed by atoms with van der Waals surface area (Å²) < 4.78 is 10.6. The third-order valence-electron chi connectivity index (χ3n) is 2.77. The summed E-state index contributed by atoms with van der Waals surface area (Å²) in [5.74, 6) is 1.51. The van der Waals surface area contributed by atoms with Gasteiger partial charge in [0.2, 0.25) is 5.82 Å². The van der Waals surface area contributed by atoms with Crippen molar-refractivity contribution in [2.45, 2.75) is 6.92 Å². The lowest BCUT2D eigenvalue weighted by Crippen LogP contribution is -1.90. The normalized spacial score (nSPS) is 10.7. The van der Waals surface area contributed by atoms with E-state index in [0.717, 1.165) is 11.1 Å². The van der Waals surface area contributed by atoms with E-state index < -0.39 is 0 Å². The summed E-state index contributed by atoms with van der Waals surface area (Å²) in [4.78, 5) is 8.45. The van der Waals surface area contributed by atoms with Crippen molar-refractivity contribution in [2.75, 3.05) is 12.8 Å². The zero-order valence-corrected chi connectivity index (χ0v) is 11.8. The maximum atomic E-state index is 5.59. The van der Waals surface area contributed by atoms with Crippen molar-refractivity contribution in [3.05, 3.63) is 29.1 Å². The van der Waals surface area contributed by atoms with Gasteiger partial charge in [-0.1, -0.05) is 11.2 Å². The van der Waals surface area contributed by atoms with E-state index in [1.54, 1.807) is 12.5 Å². The number of aromatic nitrogens is 3. The van der Waals surface area contributed by atoms with Crippen LogP contribution in [0.2, 0.25) is 0 Å². The van der Waals surface area contributed by atoms with Crippen LogP contribution < -0.4 is 10.5 Å². The monoisotopic (exact) mass is 288 g/mol. The molecule has 0 saturated carbocycles. The lowest BCUT2D eigenvalue weighted by atomic mass is 10.1. The summed E-state index contributed by atoms with van der Waals surface area (Å²) in [7, 11) is 1.61. The third kappa shape index (κ3) is 2.23. The second-order valence-corrected chi connectivity index (χ2v) is 5.09. The molecule has 0 aliphatic heterocycles. The fraction of sp³-hybridized carbons (Fsp3) is 0.154. The fourth-order valence-corrected chi connectivity index (χ4v) is 2.34. The Hall–Kier alpha value is -2.41. The molecule has 2 N–H and O–H groups in total. The number of anilines is 1. The van der Waals surface area contributed by atoms with Gasteiger partial charge in [-0.3, -0.25) is 0 Å². The SMILES string of the molecule is COc1cc(C)ccc1-c1noc(-c2csc(N)n2)n1. The highest BCUT2D eigenvalue weighted by atomic mass is 32.1. The standard InChI is InChI=1S/C13H12N4O2S/c1-7-3-4-8(10(5-7)18-2)11-16-12(19-17-11)9-6-20-13(14)15-9/h3-6H,1-2H3,(H2,14,15). The highest BCUT2D eigenvalue weighted by Crippen LogP contribution is 2.30. The predicted octanol–water partition coefficient (Wildman–Crippen LogP) is 2.76. The lowest BCUT2D eigenvalue weighted by molar-refractivity contribution is 0.413. The van der Waals surface area contributed by atoms with Gasteiger partial charge in [0, 0.05) is 5.38 Å². The first-order valence-corrected chi connectivity index (χ1v) is 6.75. The van der Waals surface area contributed by atoms with E-state index in [2.05, 4.69) is 15.1 Å². The van der Waals surface area contributed by atoms with Crippen LogP contribution in [0.4, 0.5) is 5.13 Å². The largest absolute Gasteiger partial charge is 0.496 e. The Balaban J connectivity index is 2.02. The number of rotatable bonds is 3. The molecule has 0 spiro atoms. The van der Waals surface area contributed by atoms with Crippen LogP contribution in [0.15, 0.2) is 28.1 Å². The molecular formula is C13H12N4O2S. The molecule has 2 aromatic heterocycles. The second kappa shape index (κ2) is 4.93. The molecule has 0 atom stereocenters. The second-order valence-electron chi connectivity index (χ2n) is 4.20. The Morgan fingerprint density at radius 3 is 2.85 bits per heavy atom. The van der Waals surface area contributed by atoms with Crippen molar-refractivity contribution < 1.29 is 9.26 Å². The van der Waals surface area contributed by atoms with Crippen molar-refractivity contribution in [3.63, 3.8) is 0 Å². The minimum absolute atomic E-state index is 0.343. The molecule has 0 aliphatic rings. The average Bonchev–Trinajstić information content (AvgIpc) is 3.07. The molecule has 3 aromatic rings. The van der Waals surface area contributed by atoms with Gasteiger partial charge in [0.15, 0.2) is 5.13 Å². The van der Waals surface area contributed by atoms with E-state index in [9.17, 15) is 0 Å². The molecule has 0 fully saturated rings. The van der Waals surface area contributed by atoms with Crippen LogP contribution in [0, 0.1) is 6.92 Å². The van der Waals surface area contributed by atoms with Gasteiger partial charge >= 0.3 is 0 Å². The zero-order chi connectivity index (χ0) is 14.1. The first kappa shape index (κ1) is 12.6. The lowest BCUT2D eigenvalue weighted by Gasteiger charge is -2.05. The first-order chi connectivity index (χ1) is 9.67. The Kier molecular flexibility index (Phi) is 3.11. The fourth-order valence-electron chi connectivity index (χ4n) is 1.81. The van der Waals surface area contributed by atoms with E-state index in [-0.39, 0.29) is 0 Å². The van der Waals surface area contributed by atoms with Gasteiger partial charge in [0.05, 0.1) is 12.7 Å². The van der Waals surface area contributed by atoms with Crippen LogP contribution in [0.25, 0.3) is 23.0 Å². The van der Waals surface area contributed by atoms with Crippen LogP contribution in [-0.2, 0) is 0 Å². The van der Waals surface area contributed by atoms with Gasteiger partial charge in [-0.15, -0.1) is 11.3 Å². The summed E-state index contributed by atoms with van der Waals surface area (Å²) in [6, 6.07) is 5.79. The number of ether oxygens (including phenoxy) is 1. The molecule has 0 saturated heterocycles. The number of nitrogens with zero attached hydrogens (tertiary/aromatic N) is 3. The van der Waals surface area contributed by atoms with Crippen LogP contribution in [0.5, 0.6) is 5.75 Å². The minimum atomic E-state index is 0.343. The van der Waals surface area contributed by atoms with Gasteiger partial charge in [0.1, 0.15) is 11.4 Å². The van der Waals surface area contributed by atoms with Crippen molar-refractivity contribution in [1.82, 2.24) is 15.1 Å². The maximum Gasteiger partial charge on any atom is 0.277 e. The molecule has 7 heteroatoms. The van der Waals surface area contributed by atoms with Crippen LogP contribution in [-0.4, -0.2) is 22.2 Å². The molecule has 0 radical (unpaired) electrons. The van der Waals surface area contributed by atoms with E-state index >= 15 is 0 Å². The molecule has 0 amide bonds. The minimum Gasteiger partial charge on any atom is -0.496 e. The number of hydrogen-bond donors (Lipinski definition) is 1. The molecule has 1 aromatic carbocycles. The van der Waals surface area contributed by atoms with E-state index in [1.165, 1.54) is 11.3 Å². The maximum absolute atomic E-state index is 5.59. The van der Waals surface area contributed by atoms with Gasteiger partial charge in [0.25, 0.3) is 5.89 Å². The molecule has 0 bridgehead atoms. The topological polar surface area (TPSA) is 87.1 Å². The van der Waals surface area contributed by atoms with E-state index in [0.29, 0.717) is 28.3 Å². The predicted molar refractivity (Wildman–Crippen MR) is 76.5 cm³/mol. The Morgan fingerprint density at radius 2 is 2.15 bits per heavy atom. The molecule has 20 heavy (non-hydrogen) atoms. The number of benzene rings is 1. The molecule has 0 aliphatic carbocycles. The number of nitrogen functional groups attached to an aromatic ring is 1. The third-order valence-corrected chi connectivity index (χ3v) is 3.44. The summed E-state index contributed by atoms with van der Waals surface area (Å²) in [5.41, 5.74) is 8.05. The number of methoxy groups -OCH3 is 1. The number of nitrogens with two attached hydrogens (primary N) is 1. The van der Waals surface area contributed by atoms with E-state index in [1.807, 2.05) is 25.1 Å². The van der Waals surface area contributed by atoms with Gasteiger partial charge < -0.3 is 15.0 Å². The first-order valence-electron chi connectivity index (χ1n) is 5.87. The average molecular weight is 288 g/mol. The van der Waals surface area contributed by atoms with Crippen LogP contribution >= 0.6 is 11.3 Å². The van der Waals surface area contributed by atoms with Crippen molar-refractivity contribution >= 4 is 16.5 Å². The molecule has 6 nitrogen and oxygen atoms in total. The molecule has 0 unspecified atom stereocenters. The van der Waals surface area contributed by atoms with Gasteiger partial charge in [-0.05, 0) is 24.6 Å². The smallest absolute Gasteiger partial charge is 0.277 e. The summed E-state index contributed by atoms with van der Waals surface area (Å²) in [6.45, 7) is 1.99. The highest BCUT2D eigenvalue weighted by Gasteiger charge is 2.16. The number of aryl methyl sites for hydroxylation is 1. The zero-order valence-electron chi connectivity index (χ0n) is 11.0. The summed E-state index contributed by atoms with van der Waals surface area (Å²) in [5, 5.41) is 6.21. The molecule has 2 heterocycles. The highest BCUT2D eigenvalue weighted by molar-refractivity contribution is 7.13. The Labute approximate surface area is 119 Å². The van der Waals surface area contributed by atoms with Crippen molar-refractivity contribution in [3.8, 4) is 28.7 Å². The van der Waals surface area contributed by atoms with Crippen LogP contribution in [0.1, 0.15) is 5.56 Å². The van der Waals surface area contributed by atoms with Crippen molar-refractivity contribution in [2.24, 2.45) is 0 Å². The Morgan fingerprint density at radius 1 is 1.30 bits per heavy atom. The quantitative estimate of drug-likeness (QED) is 0.797. The number of hydrogen-bond acceptors (Lipinski definition) is 7. The summed E-state index contributed by atoms with van der Waals surface area (Å²) in [6.07, 6.45) is 0. The molecule has 102 valence electrons. The van der Waals surface area contributed by atoms with E-state index in [4.69, 9.17) is 15.0 Å². The van der Waals surface area contributed by atoms with Crippen molar-refractivity contribution in [1.29, 1.82) is 0 Å². The van der Waals surface area contributed by atoms with Gasteiger partial charge in [-0.2, -0.15) is 4.98 Å². The molecular weight excluding hydrogens is 276 g/mol. The van der Waals surface area contributed by atoms with Gasteiger partial charge in [-0.25, -0.2) is 4.98 Å². The molecule has 3 rings (SSSR count). The van der Waals surface area contributed by atoms with Crippen LogP contribution in [0.3, 0.4) is 0 Å². The number of thiazole rings is 1.